The molecule has 5 heteroatoms. The second-order valence-corrected chi connectivity index (χ2v) is 5.33. The minimum Gasteiger partial charge on any atom is -0.320 e. The van der Waals surface area contributed by atoms with E-state index in [0.29, 0.717) is 5.88 Å². The molecule has 0 aliphatic rings. The van der Waals surface area contributed by atoms with E-state index >= 15 is 0 Å². The van der Waals surface area contributed by atoms with Gasteiger partial charge in [0.25, 0.3) is 0 Å². The third kappa shape index (κ3) is 2.02. The second kappa shape index (κ2) is 4.71. The summed E-state index contributed by atoms with van der Waals surface area (Å²) in [7, 11) is 0. The van der Waals surface area contributed by atoms with Crippen molar-refractivity contribution in [2.24, 2.45) is 0 Å². The van der Waals surface area contributed by atoms with Crippen LogP contribution >= 0.6 is 22.9 Å². The van der Waals surface area contributed by atoms with E-state index in [1.807, 2.05) is 25.1 Å². The zero-order valence-corrected chi connectivity index (χ0v) is 11.5. The number of fused-ring (bicyclic) bond motifs is 1. The lowest BCUT2D eigenvalue weighted by atomic mass is 10.3. The predicted molar refractivity (Wildman–Crippen MR) is 75.2 cm³/mol. The number of halogens is 1. The van der Waals surface area contributed by atoms with Crippen molar-refractivity contribution in [2.75, 3.05) is 0 Å². The molecular weight excluding hydrogens is 266 g/mol. The van der Waals surface area contributed by atoms with Crippen LogP contribution in [-0.4, -0.2) is 14.5 Å². The van der Waals surface area contributed by atoms with E-state index in [1.54, 1.807) is 11.3 Å². The highest BCUT2D eigenvalue weighted by Crippen LogP contribution is 2.20. The van der Waals surface area contributed by atoms with Gasteiger partial charge in [0, 0.05) is 11.1 Å². The molecule has 2 heterocycles. The standard InChI is InChI=1S/C13H12ClN3S/c1-9-8-18-13(15-9)7-17-11-5-3-2-4-10(11)16-12(17)6-14/h2-5,8H,6-7H2,1H3. The van der Waals surface area contributed by atoms with Crippen LogP contribution in [0.25, 0.3) is 11.0 Å². The zero-order valence-electron chi connectivity index (χ0n) is 9.93. The molecule has 0 atom stereocenters. The Morgan fingerprint density at radius 3 is 2.83 bits per heavy atom. The molecule has 0 aliphatic carbocycles. The summed E-state index contributed by atoms with van der Waals surface area (Å²) in [4.78, 5) is 9.04. The Hall–Kier alpha value is -1.39. The van der Waals surface area contributed by atoms with Crippen molar-refractivity contribution in [3.05, 3.63) is 46.2 Å². The van der Waals surface area contributed by atoms with Crippen molar-refractivity contribution in [1.29, 1.82) is 0 Å². The van der Waals surface area contributed by atoms with Crippen molar-refractivity contribution in [2.45, 2.75) is 19.3 Å². The van der Waals surface area contributed by atoms with Crippen LogP contribution in [0.1, 0.15) is 16.5 Å². The van der Waals surface area contributed by atoms with Crippen LogP contribution in [0.2, 0.25) is 0 Å². The maximum Gasteiger partial charge on any atom is 0.125 e. The summed E-state index contributed by atoms with van der Waals surface area (Å²) in [5.41, 5.74) is 3.16. The highest BCUT2D eigenvalue weighted by Gasteiger charge is 2.11. The van der Waals surface area contributed by atoms with Gasteiger partial charge in [0.05, 0.1) is 23.5 Å². The highest BCUT2D eigenvalue weighted by atomic mass is 35.5. The van der Waals surface area contributed by atoms with Crippen LogP contribution in [0.3, 0.4) is 0 Å². The van der Waals surface area contributed by atoms with Gasteiger partial charge in [-0.1, -0.05) is 12.1 Å². The molecule has 0 aliphatic heterocycles. The number of aryl methyl sites for hydroxylation is 1. The van der Waals surface area contributed by atoms with Gasteiger partial charge in [-0.05, 0) is 19.1 Å². The largest absolute Gasteiger partial charge is 0.320 e. The van der Waals surface area contributed by atoms with Gasteiger partial charge in [-0.15, -0.1) is 22.9 Å². The maximum atomic E-state index is 5.97. The van der Waals surface area contributed by atoms with E-state index < -0.39 is 0 Å². The SMILES string of the molecule is Cc1csc(Cn2c(CCl)nc3ccccc32)n1. The molecule has 3 aromatic rings. The Labute approximate surface area is 114 Å². The van der Waals surface area contributed by atoms with Gasteiger partial charge in [-0.3, -0.25) is 0 Å². The molecule has 0 unspecified atom stereocenters. The Kier molecular flexibility index (Phi) is 3.06. The van der Waals surface area contributed by atoms with Crippen LogP contribution in [0.4, 0.5) is 0 Å². The molecule has 1 aromatic carbocycles. The zero-order chi connectivity index (χ0) is 12.5. The summed E-state index contributed by atoms with van der Waals surface area (Å²) in [6, 6.07) is 8.09. The van der Waals surface area contributed by atoms with Crippen molar-refractivity contribution in [1.82, 2.24) is 14.5 Å². The molecule has 0 N–H and O–H groups in total. The Bertz CT molecular complexity index is 686. The van der Waals surface area contributed by atoms with Crippen molar-refractivity contribution in [3.63, 3.8) is 0 Å². The Morgan fingerprint density at radius 2 is 2.11 bits per heavy atom. The van der Waals surface area contributed by atoms with Crippen LogP contribution in [-0.2, 0) is 12.4 Å². The van der Waals surface area contributed by atoms with Gasteiger partial charge in [0.15, 0.2) is 0 Å². The first-order valence-corrected chi connectivity index (χ1v) is 7.10. The van der Waals surface area contributed by atoms with E-state index in [0.717, 1.165) is 34.1 Å². The Balaban J connectivity index is 2.09. The molecule has 0 fully saturated rings. The summed E-state index contributed by atoms with van der Waals surface area (Å²) in [6.45, 7) is 2.75. The van der Waals surface area contributed by atoms with E-state index in [4.69, 9.17) is 11.6 Å². The minimum absolute atomic E-state index is 0.416. The topological polar surface area (TPSA) is 30.7 Å². The predicted octanol–water partition coefficient (Wildman–Crippen LogP) is 3.59. The monoisotopic (exact) mass is 277 g/mol. The van der Waals surface area contributed by atoms with Gasteiger partial charge in [-0.25, -0.2) is 9.97 Å². The summed E-state index contributed by atoms with van der Waals surface area (Å²) < 4.78 is 2.14. The van der Waals surface area contributed by atoms with Gasteiger partial charge in [0.1, 0.15) is 10.8 Å². The van der Waals surface area contributed by atoms with Gasteiger partial charge < -0.3 is 4.57 Å². The van der Waals surface area contributed by atoms with Crippen molar-refractivity contribution < 1.29 is 0 Å². The molecule has 18 heavy (non-hydrogen) atoms. The van der Waals surface area contributed by atoms with Crippen LogP contribution in [0.15, 0.2) is 29.6 Å². The van der Waals surface area contributed by atoms with Crippen molar-refractivity contribution in [3.8, 4) is 0 Å². The molecular formula is C13H12ClN3S. The summed E-state index contributed by atoms with van der Waals surface area (Å²) >= 11 is 7.65. The number of rotatable bonds is 3. The fourth-order valence-corrected chi connectivity index (χ4v) is 2.98. The number of hydrogen-bond donors (Lipinski definition) is 0. The molecule has 3 nitrogen and oxygen atoms in total. The van der Waals surface area contributed by atoms with E-state index in [1.165, 1.54) is 0 Å². The lowest BCUT2D eigenvalue weighted by Crippen LogP contribution is -2.03. The molecule has 0 amide bonds. The third-order valence-electron chi connectivity index (χ3n) is 2.81. The van der Waals surface area contributed by atoms with Crippen LogP contribution in [0.5, 0.6) is 0 Å². The number of alkyl halides is 1. The summed E-state index contributed by atoms with van der Waals surface area (Å²) in [5, 5.41) is 3.15. The third-order valence-corrected chi connectivity index (χ3v) is 4.00. The molecule has 0 bridgehead atoms. The number of para-hydroxylation sites is 2. The van der Waals surface area contributed by atoms with Gasteiger partial charge >= 0.3 is 0 Å². The summed E-state index contributed by atoms with van der Waals surface area (Å²) in [5.74, 6) is 1.31. The molecule has 0 saturated carbocycles. The molecule has 0 saturated heterocycles. The van der Waals surface area contributed by atoms with Crippen LogP contribution in [0, 0.1) is 6.92 Å². The molecule has 0 spiro atoms. The fraction of sp³-hybridized carbons (Fsp3) is 0.231. The van der Waals surface area contributed by atoms with E-state index in [-0.39, 0.29) is 0 Å². The fourth-order valence-electron chi connectivity index (χ4n) is 2.01. The van der Waals surface area contributed by atoms with Gasteiger partial charge in [-0.2, -0.15) is 0 Å². The smallest absolute Gasteiger partial charge is 0.125 e. The van der Waals surface area contributed by atoms with Crippen LogP contribution < -0.4 is 0 Å². The number of benzene rings is 1. The molecule has 92 valence electrons. The lowest BCUT2D eigenvalue weighted by Gasteiger charge is -2.04. The number of hydrogen-bond acceptors (Lipinski definition) is 3. The molecule has 0 radical (unpaired) electrons. The van der Waals surface area contributed by atoms with Crippen molar-refractivity contribution >= 4 is 34.0 Å². The number of nitrogens with zero attached hydrogens (tertiary/aromatic N) is 3. The normalized spacial score (nSPS) is 11.2. The van der Waals surface area contributed by atoms with E-state index in [2.05, 4.69) is 26.0 Å². The average Bonchev–Trinajstić information content (AvgIpc) is 2.94. The number of thiazole rings is 1. The van der Waals surface area contributed by atoms with Gasteiger partial charge in [0.2, 0.25) is 0 Å². The lowest BCUT2D eigenvalue weighted by molar-refractivity contribution is 0.771. The first kappa shape index (κ1) is 11.7. The Morgan fingerprint density at radius 1 is 1.28 bits per heavy atom. The average molecular weight is 278 g/mol. The first-order valence-electron chi connectivity index (χ1n) is 5.69. The maximum absolute atomic E-state index is 5.97. The minimum atomic E-state index is 0.416. The number of imidazole rings is 1. The quantitative estimate of drug-likeness (QED) is 0.685. The molecule has 3 rings (SSSR count). The highest BCUT2D eigenvalue weighted by molar-refractivity contribution is 7.09. The first-order chi connectivity index (χ1) is 8.78. The second-order valence-electron chi connectivity index (χ2n) is 4.12. The summed E-state index contributed by atoms with van der Waals surface area (Å²) in [6.07, 6.45) is 0. The molecule has 2 aromatic heterocycles. The number of aromatic nitrogens is 3. The van der Waals surface area contributed by atoms with E-state index in [9.17, 15) is 0 Å².